The van der Waals surface area contributed by atoms with Crippen LogP contribution in [-0.4, -0.2) is 17.5 Å². The summed E-state index contributed by atoms with van der Waals surface area (Å²) in [5.74, 6) is 0.660. The minimum Gasteiger partial charge on any atom is -0.493 e. The Morgan fingerprint density at radius 1 is 1.40 bits per heavy atom. The Labute approximate surface area is 121 Å². The monoisotopic (exact) mass is 291 g/mol. The molecular formula is C14H17N3O2S. The van der Waals surface area contributed by atoms with Crippen LogP contribution in [0.4, 0.5) is 5.69 Å². The number of carbonyl (C=O) groups excluding carboxylic acids is 1. The maximum absolute atomic E-state index is 11.6. The van der Waals surface area contributed by atoms with Crippen molar-refractivity contribution < 1.29 is 9.53 Å². The molecule has 0 fully saturated rings. The average Bonchev–Trinajstić information content (AvgIpc) is 2.85. The number of thiazole rings is 1. The molecule has 0 bridgehead atoms. The second kappa shape index (κ2) is 6.91. The zero-order valence-electron chi connectivity index (χ0n) is 11.3. The molecule has 0 unspecified atom stereocenters. The van der Waals surface area contributed by atoms with Crippen molar-refractivity contribution in [3.8, 4) is 5.75 Å². The first-order valence-electron chi connectivity index (χ1n) is 6.29. The van der Waals surface area contributed by atoms with E-state index in [2.05, 4.69) is 10.3 Å². The van der Waals surface area contributed by atoms with Crippen LogP contribution >= 0.6 is 11.3 Å². The van der Waals surface area contributed by atoms with Crippen molar-refractivity contribution in [3.63, 3.8) is 0 Å². The van der Waals surface area contributed by atoms with Crippen LogP contribution in [0.25, 0.3) is 0 Å². The third-order valence-electron chi connectivity index (χ3n) is 2.61. The Balaban J connectivity index is 1.66. The number of nitrogens with two attached hydrogens (primary N) is 1. The molecule has 1 aromatic heterocycles. The van der Waals surface area contributed by atoms with Crippen LogP contribution in [-0.2, 0) is 11.3 Å². The average molecular weight is 291 g/mol. The summed E-state index contributed by atoms with van der Waals surface area (Å²) in [6.07, 6.45) is 0.313. The number of aryl methyl sites for hydroxylation is 1. The van der Waals surface area contributed by atoms with Gasteiger partial charge in [0.25, 0.3) is 0 Å². The topological polar surface area (TPSA) is 77.2 Å². The van der Waals surface area contributed by atoms with Gasteiger partial charge in [0, 0.05) is 11.1 Å². The summed E-state index contributed by atoms with van der Waals surface area (Å²) in [7, 11) is 0. The standard InChI is InChI=1S/C14H17N3O2S/c1-10-17-12(9-20-10)8-16-14(18)6-7-19-13-4-2-11(15)3-5-13/h2-5,9H,6-8,15H2,1H3,(H,16,18). The summed E-state index contributed by atoms with van der Waals surface area (Å²) in [5.41, 5.74) is 7.15. The highest BCUT2D eigenvalue weighted by molar-refractivity contribution is 7.09. The molecule has 20 heavy (non-hydrogen) atoms. The van der Waals surface area contributed by atoms with E-state index >= 15 is 0 Å². The highest BCUT2D eigenvalue weighted by Gasteiger charge is 2.04. The molecule has 6 heteroatoms. The summed E-state index contributed by atoms with van der Waals surface area (Å²) in [6, 6.07) is 7.09. The van der Waals surface area contributed by atoms with E-state index < -0.39 is 0 Å². The van der Waals surface area contributed by atoms with E-state index in [0.717, 1.165) is 10.7 Å². The second-order valence-electron chi connectivity index (χ2n) is 4.30. The number of carbonyl (C=O) groups is 1. The van der Waals surface area contributed by atoms with Gasteiger partial charge in [0.1, 0.15) is 5.75 Å². The van der Waals surface area contributed by atoms with Gasteiger partial charge < -0.3 is 15.8 Å². The predicted octanol–water partition coefficient (Wildman–Crippen LogP) is 2.12. The Bertz CT molecular complexity index is 566. The zero-order valence-corrected chi connectivity index (χ0v) is 12.1. The van der Waals surface area contributed by atoms with Crippen LogP contribution in [0, 0.1) is 6.92 Å². The Morgan fingerprint density at radius 2 is 2.15 bits per heavy atom. The molecule has 0 spiro atoms. The van der Waals surface area contributed by atoms with Crippen molar-refractivity contribution in [2.24, 2.45) is 0 Å². The van der Waals surface area contributed by atoms with Gasteiger partial charge in [-0.1, -0.05) is 0 Å². The Hall–Kier alpha value is -2.08. The molecule has 2 rings (SSSR count). The molecule has 0 aliphatic carbocycles. The maximum atomic E-state index is 11.6. The fraction of sp³-hybridized carbons (Fsp3) is 0.286. The molecule has 1 aromatic carbocycles. The summed E-state index contributed by atoms with van der Waals surface area (Å²) in [4.78, 5) is 15.9. The SMILES string of the molecule is Cc1nc(CNC(=O)CCOc2ccc(N)cc2)cs1. The van der Waals surface area contributed by atoms with Crippen molar-refractivity contribution in [3.05, 3.63) is 40.3 Å². The van der Waals surface area contributed by atoms with Crippen molar-refractivity contribution >= 4 is 22.9 Å². The number of hydrogen-bond donors (Lipinski definition) is 2. The third kappa shape index (κ3) is 4.55. The van der Waals surface area contributed by atoms with E-state index in [9.17, 15) is 4.79 Å². The zero-order chi connectivity index (χ0) is 14.4. The molecule has 0 radical (unpaired) electrons. The van der Waals surface area contributed by atoms with Crippen molar-refractivity contribution in [1.82, 2.24) is 10.3 Å². The highest BCUT2D eigenvalue weighted by atomic mass is 32.1. The smallest absolute Gasteiger partial charge is 0.223 e. The van der Waals surface area contributed by atoms with Gasteiger partial charge in [0.15, 0.2) is 0 Å². The second-order valence-corrected chi connectivity index (χ2v) is 5.36. The van der Waals surface area contributed by atoms with Crippen LogP contribution in [0.1, 0.15) is 17.1 Å². The van der Waals surface area contributed by atoms with E-state index in [1.54, 1.807) is 35.6 Å². The number of amides is 1. The molecule has 0 aliphatic rings. The largest absolute Gasteiger partial charge is 0.493 e. The van der Waals surface area contributed by atoms with Crippen LogP contribution in [0.5, 0.6) is 5.75 Å². The van der Waals surface area contributed by atoms with Gasteiger partial charge in [-0.25, -0.2) is 4.98 Å². The summed E-state index contributed by atoms with van der Waals surface area (Å²) >= 11 is 1.58. The number of hydrogen-bond acceptors (Lipinski definition) is 5. The lowest BCUT2D eigenvalue weighted by molar-refractivity contribution is -0.121. The van der Waals surface area contributed by atoms with E-state index in [4.69, 9.17) is 10.5 Å². The minimum atomic E-state index is -0.0499. The van der Waals surface area contributed by atoms with E-state index in [0.29, 0.717) is 31.0 Å². The molecular weight excluding hydrogens is 274 g/mol. The molecule has 0 saturated carbocycles. The normalized spacial score (nSPS) is 10.2. The van der Waals surface area contributed by atoms with Gasteiger partial charge in [-0.2, -0.15) is 0 Å². The number of aromatic nitrogens is 1. The molecule has 2 aromatic rings. The van der Waals surface area contributed by atoms with Gasteiger partial charge >= 0.3 is 0 Å². The van der Waals surface area contributed by atoms with Gasteiger partial charge in [0.2, 0.25) is 5.91 Å². The molecule has 5 nitrogen and oxygen atoms in total. The quantitative estimate of drug-likeness (QED) is 0.799. The first-order chi connectivity index (χ1) is 9.63. The van der Waals surface area contributed by atoms with Gasteiger partial charge in [-0.05, 0) is 31.2 Å². The van der Waals surface area contributed by atoms with Crippen LogP contribution in [0.15, 0.2) is 29.6 Å². The molecule has 1 amide bonds. The highest BCUT2D eigenvalue weighted by Crippen LogP contribution is 2.13. The first-order valence-corrected chi connectivity index (χ1v) is 7.17. The molecule has 0 aliphatic heterocycles. The fourth-order valence-corrected chi connectivity index (χ4v) is 2.21. The molecule has 106 valence electrons. The molecule has 3 N–H and O–H groups in total. The maximum Gasteiger partial charge on any atom is 0.223 e. The minimum absolute atomic E-state index is 0.0499. The van der Waals surface area contributed by atoms with Crippen LogP contribution in [0.2, 0.25) is 0 Å². The lowest BCUT2D eigenvalue weighted by Gasteiger charge is -2.06. The summed E-state index contributed by atoms with van der Waals surface area (Å²) in [6.45, 7) is 2.74. The van der Waals surface area contributed by atoms with Gasteiger partial charge in [0.05, 0.1) is 30.3 Å². The summed E-state index contributed by atoms with van der Waals surface area (Å²) < 4.78 is 5.46. The Morgan fingerprint density at radius 3 is 2.80 bits per heavy atom. The predicted molar refractivity (Wildman–Crippen MR) is 79.7 cm³/mol. The molecule has 0 saturated heterocycles. The van der Waals surface area contributed by atoms with Crippen molar-refractivity contribution in [2.45, 2.75) is 19.9 Å². The van der Waals surface area contributed by atoms with Crippen LogP contribution < -0.4 is 15.8 Å². The van der Waals surface area contributed by atoms with Gasteiger partial charge in [-0.3, -0.25) is 4.79 Å². The number of rotatable bonds is 6. The number of ether oxygens (including phenoxy) is 1. The third-order valence-corrected chi connectivity index (χ3v) is 3.43. The van der Waals surface area contributed by atoms with Crippen molar-refractivity contribution in [2.75, 3.05) is 12.3 Å². The lowest BCUT2D eigenvalue weighted by Crippen LogP contribution is -2.24. The number of anilines is 1. The summed E-state index contributed by atoms with van der Waals surface area (Å²) in [5, 5.41) is 5.76. The number of nitrogens with one attached hydrogen (secondary N) is 1. The molecule has 0 atom stereocenters. The van der Waals surface area contributed by atoms with E-state index in [1.807, 2.05) is 12.3 Å². The Kier molecular flexibility index (Phi) is 4.95. The van der Waals surface area contributed by atoms with E-state index in [-0.39, 0.29) is 5.91 Å². The fourth-order valence-electron chi connectivity index (χ4n) is 1.59. The first kappa shape index (κ1) is 14.3. The van der Waals surface area contributed by atoms with Crippen molar-refractivity contribution in [1.29, 1.82) is 0 Å². The van der Waals surface area contributed by atoms with E-state index in [1.165, 1.54) is 0 Å². The lowest BCUT2D eigenvalue weighted by atomic mass is 10.3. The van der Waals surface area contributed by atoms with Gasteiger partial charge in [-0.15, -0.1) is 11.3 Å². The number of nitrogen functional groups attached to an aromatic ring is 1. The molecule has 1 heterocycles. The number of nitrogens with zero attached hydrogens (tertiary/aromatic N) is 1. The number of benzene rings is 1. The van der Waals surface area contributed by atoms with Crippen LogP contribution in [0.3, 0.4) is 0 Å².